The topological polar surface area (TPSA) is 29.5 Å². The van der Waals surface area contributed by atoms with Crippen LogP contribution < -0.4 is 0 Å². The number of carbonyl (C=O) groups is 1. The molecular weight excluding hydrogens is 264 g/mol. The highest BCUT2D eigenvalue weighted by molar-refractivity contribution is 8.10. The molecule has 0 radical (unpaired) electrons. The van der Waals surface area contributed by atoms with E-state index >= 15 is 0 Å². The van der Waals surface area contributed by atoms with E-state index in [4.69, 9.17) is 4.74 Å². The second-order valence-corrected chi connectivity index (χ2v) is 7.97. The minimum absolute atomic E-state index is 0.236. The number of carbonyl (C=O) groups excluding carboxylic acids is 1. The van der Waals surface area contributed by atoms with Gasteiger partial charge in [0.2, 0.25) is 5.91 Å². The maximum atomic E-state index is 12.5. The van der Waals surface area contributed by atoms with E-state index < -0.39 is 5.41 Å². The van der Waals surface area contributed by atoms with Gasteiger partial charge in [0.1, 0.15) is 11.0 Å². The van der Waals surface area contributed by atoms with Gasteiger partial charge in [-0.1, -0.05) is 8.27 Å². The van der Waals surface area contributed by atoms with Crippen molar-refractivity contribution in [2.45, 2.75) is 13.3 Å². The van der Waals surface area contributed by atoms with E-state index in [-0.39, 0.29) is 5.91 Å². The van der Waals surface area contributed by atoms with Crippen molar-refractivity contribution in [1.82, 2.24) is 4.67 Å². The summed E-state index contributed by atoms with van der Waals surface area (Å²) < 4.78 is 7.18. The Kier molecular flexibility index (Phi) is 4.17. The average Bonchev–Trinajstić information content (AvgIpc) is 2.69. The van der Waals surface area contributed by atoms with Crippen LogP contribution in [0.15, 0.2) is 29.6 Å². The van der Waals surface area contributed by atoms with E-state index in [2.05, 4.69) is 12.7 Å². The van der Waals surface area contributed by atoms with Crippen LogP contribution in [-0.4, -0.2) is 30.9 Å². The summed E-state index contributed by atoms with van der Waals surface area (Å²) in [6.07, 6.45) is 9.83. The summed E-state index contributed by atoms with van der Waals surface area (Å²) in [5.41, 5.74) is 0.514. The smallest absolute Gasteiger partial charge is 0.289 e. The molecule has 0 N–H and O–H groups in total. The Labute approximate surface area is 112 Å². The van der Waals surface area contributed by atoms with Crippen molar-refractivity contribution in [3.8, 4) is 0 Å². The Morgan fingerprint density at radius 3 is 3.00 bits per heavy atom. The second kappa shape index (κ2) is 5.49. The van der Waals surface area contributed by atoms with E-state index in [1.54, 1.807) is 7.11 Å². The predicted octanol–water partition coefficient (Wildman–Crippen LogP) is 2.87. The molecule has 0 aromatic heterocycles. The molecular formula is C13H18NO2P2+. The molecule has 2 rings (SSSR count). The SMILES string of the molecule is COC1=CC=CC(C2(C)CCN(PPC)C2=O)=[C+]1. The average molecular weight is 282 g/mol. The number of nitrogens with zero attached hydrogens (tertiary/aromatic N) is 1. The van der Waals surface area contributed by atoms with Crippen LogP contribution in [0.5, 0.6) is 0 Å². The number of allylic oxidation sites excluding steroid dienone is 4. The third-order valence-electron chi connectivity index (χ3n) is 3.38. The van der Waals surface area contributed by atoms with Gasteiger partial charge in [0.15, 0.2) is 0 Å². The standard InChI is InChI=1S/C13H18NO2P2/c1-13(7-8-14(12(13)15)18-17-3)10-5-4-6-11(9-10)16-2/h4-6,17-18H,7-8H2,1-3H3/q+1. The Hall–Kier alpha value is -0.740. The molecule has 96 valence electrons. The lowest BCUT2D eigenvalue weighted by molar-refractivity contribution is -0.129. The molecule has 0 spiro atoms. The van der Waals surface area contributed by atoms with E-state index in [0.717, 1.165) is 26.8 Å². The first-order valence-corrected chi connectivity index (χ1v) is 9.37. The molecule has 1 amide bonds. The van der Waals surface area contributed by atoms with Crippen LogP contribution in [-0.2, 0) is 9.53 Å². The Bertz CT molecular complexity index is 442. The van der Waals surface area contributed by atoms with Gasteiger partial charge in [0.05, 0.1) is 31.4 Å². The van der Waals surface area contributed by atoms with Crippen LogP contribution in [0, 0.1) is 11.5 Å². The Balaban J connectivity index is 2.23. The molecule has 0 saturated carbocycles. The summed E-state index contributed by atoms with van der Waals surface area (Å²) in [7, 11) is 3.06. The minimum atomic E-state index is -0.429. The van der Waals surface area contributed by atoms with Crippen molar-refractivity contribution in [1.29, 1.82) is 0 Å². The molecule has 1 aliphatic heterocycles. The molecule has 2 aliphatic rings. The molecule has 5 heteroatoms. The fourth-order valence-electron chi connectivity index (χ4n) is 2.22. The third kappa shape index (κ3) is 2.36. The van der Waals surface area contributed by atoms with Gasteiger partial charge in [-0.05, 0) is 20.0 Å². The van der Waals surface area contributed by atoms with E-state index in [9.17, 15) is 4.79 Å². The highest BCUT2D eigenvalue weighted by Crippen LogP contribution is 2.48. The van der Waals surface area contributed by atoms with Gasteiger partial charge in [0.25, 0.3) is 5.76 Å². The van der Waals surface area contributed by atoms with E-state index in [1.165, 1.54) is 0 Å². The van der Waals surface area contributed by atoms with Crippen molar-refractivity contribution in [2.24, 2.45) is 5.41 Å². The van der Waals surface area contributed by atoms with Crippen molar-refractivity contribution in [3.05, 3.63) is 35.6 Å². The highest BCUT2D eigenvalue weighted by Gasteiger charge is 2.48. The van der Waals surface area contributed by atoms with Gasteiger partial charge in [-0.25, -0.2) is 0 Å². The largest absolute Gasteiger partial charge is 0.469 e. The fourth-order valence-corrected chi connectivity index (χ4v) is 4.51. The summed E-state index contributed by atoms with van der Waals surface area (Å²) in [6.45, 7) is 5.02. The first kappa shape index (κ1) is 13.7. The first-order chi connectivity index (χ1) is 8.61. The van der Waals surface area contributed by atoms with Gasteiger partial charge in [-0.2, -0.15) is 0 Å². The number of rotatable bonds is 4. The van der Waals surface area contributed by atoms with Gasteiger partial charge in [-0.15, -0.1) is 0 Å². The van der Waals surface area contributed by atoms with Gasteiger partial charge >= 0.3 is 0 Å². The first-order valence-electron chi connectivity index (χ1n) is 5.93. The van der Waals surface area contributed by atoms with Crippen molar-refractivity contribution in [3.63, 3.8) is 0 Å². The number of amides is 1. The minimum Gasteiger partial charge on any atom is -0.469 e. The van der Waals surface area contributed by atoms with Gasteiger partial charge in [-0.3, -0.25) is 4.79 Å². The molecule has 3 nitrogen and oxygen atoms in total. The van der Waals surface area contributed by atoms with Gasteiger partial charge < -0.3 is 9.41 Å². The normalized spacial score (nSPS) is 28.2. The molecule has 1 aliphatic carbocycles. The van der Waals surface area contributed by atoms with Crippen molar-refractivity contribution in [2.75, 3.05) is 20.3 Å². The van der Waals surface area contributed by atoms with E-state index in [1.807, 2.05) is 29.8 Å². The number of hydrogen-bond acceptors (Lipinski definition) is 2. The lowest BCUT2D eigenvalue weighted by atomic mass is 9.79. The van der Waals surface area contributed by atoms with Crippen LogP contribution >= 0.6 is 16.7 Å². The van der Waals surface area contributed by atoms with Crippen LogP contribution in [0.2, 0.25) is 0 Å². The van der Waals surface area contributed by atoms with Crippen LogP contribution in [0.25, 0.3) is 0 Å². The zero-order chi connectivity index (χ0) is 13.2. The third-order valence-corrected chi connectivity index (χ3v) is 5.78. The van der Waals surface area contributed by atoms with Crippen LogP contribution in [0.1, 0.15) is 13.3 Å². The quantitative estimate of drug-likeness (QED) is 0.586. The molecule has 1 heterocycles. The maximum absolute atomic E-state index is 12.5. The van der Waals surface area contributed by atoms with Crippen molar-refractivity contribution >= 4 is 22.6 Å². The van der Waals surface area contributed by atoms with E-state index in [0.29, 0.717) is 14.2 Å². The molecule has 0 aromatic carbocycles. The molecule has 3 atom stereocenters. The number of ether oxygens (including phenoxy) is 1. The Morgan fingerprint density at radius 1 is 1.56 bits per heavy atom. The molecule has 1 fully saturated rings. The lowest BCUT2D eigenvalue weighted by Crippen LogP contribution is -2.29. The summed E-state index contributed by atoms with van der Waals surface area (Å²) in [5, 5.41) is 0. The molecule has 0 aromatic rings. The number of methoxy groups -OCH3 is 1. The monoisotopic (exact) mass is 282 g/mol. The molecule has 1 saturated heterocycles. The van der Waals surface area contributed by atoms with Crippen molar-refractivity contribution < 1.29 is 9.53 Å². The highest BCUT2D eigenvalue weighted by atomic mass is 32.0. The molecule has 18 heavy (non-hydrogen) atoms. The zero-order valence-electron chi connectivity index (χ0n) is 10.9. The summed E-state index contributed by atoms with van der Waals surface area (Å²) in [4.78, 5) is 12.5. The summed E-state index contributed by atoms with van der Waals surface area (Å²) in [6, 6.07) is 0. The predicted molar refractivity (Wildman–Crippen MR) is 78.0 cm³/mol. The van der Waals surface area contributed by atoms with Crippen LogP contribution in [0.3, 0.4) is 0 Å². The lowest BCUT2D eigenvalue weighted by Gasteiger charge is -2.21. The summed E-state index contributed by atoms with van der Waals surface area (Å²) in [5.74, 6) is 0.930. The molecule has 0 bridgehead atoms. The fraction of sp³-hybridized carbons (Fsp3) is 0.462. The second-order valence-electron chi connectivity index (χ2n) is 4.53. The zero-order valence-corrected chi connectivity index (χ0v) is 12.9. The van der Waals surface area contributed by atoms with Gasteiger partial charge in [0, 0.05) is 15.0 Å². The van der Waals surface area contributed by atoms with Crippen LogP contribution in [0.4, 0.5) is 0 Å². The Morgan fingerprint density at radius 2 is 2.33 bits per heavy atom. The maximum Gasteiger partial charge on any atom is 0.289 e. The number of hydrogen-bond donors (Lipinski definition) is 0. The summed E-state index contributed by atoms with van der Waals surface area (Å²) >= 11 is 0. The molecule has 3 unspecified atom stereocenters.